The molecule has 0 atom stereocenters. The fraction of sp³-hybridized carbons (Fsp3) is 0.300. The molecule has 0 saturated carbocycles. The summed E-state index contributed by atoms with van der Waals surface area (Å²) in [7, 11) is 0. The molecule has 0 bridgehead atoms. The summed E-state index contributed by atoms with van der Waals surface area (Å²) in [4.78, 5) is 11.1. The van der Waals surface area contributed by atoms with Crippen LogP contribution in [0, 0.1) is 17.5 Å². The van der Waals surface area contributed by atoms with Gasteiger partial charge in [0.25, 0.3) is 0 Å². The largest absolute Gasteiger partial charge is 0.466 e. The van der Waals surface area contributed by atoms with Crippen molar-refractivity contribution < 1.29 is 22.7 Å². The maximum Gasteiger partial charge on any atom is 0.310 e. The van der Waals surface area contributed by atoms with Crippen LogP contribution in [0.2, 0.25) is 0 Å². The molecule has 0 aliphatic rings. The molecule has 0 unspecified atom stereocenters. The second kappa shape index (κ2) is 5.34. The Bertz CT molecular complexity index is 395. The minimum Gasteiger partial charge on any atom is -0.466 e. The lowest BCUT2D eigenvalue weighted by Gasteiger charge is -2.07. The van der Waals surface area contributed by atoms with Gasteiger partial charge in [-0.1, -0.05) is 0 Å². The van der Waals surface area contributed by atoms with Gasteiger partial charge in [0.05, 0.1) is 17.5 Å². The average Bonchev–Trinajstić information content (AvgIpc) is 2.22. The quantitative estimate of drug-likeness (QED) is 0.633. The van der Waals surface area contributed by atoms with E-state index in [4.69, 9.17) is 0 Å². The maximum absolute atomic E-state index is 13.3. The van der Waals surface area contributed by atoms with Crippen molar-refractivity contribution in [1.29, 1.82) is 0 Å². The fourth-order valence-electron chi connectivity index (χ4n) is 1.13. The average molecular weight is 297 g/mol. The van der Waals surface area contributed by atoms with Gasteiger partial charge in [0.15, 0.2) is 11.6 Å². The molecule has 1 aromatic rings. The summed E-state index contributed by atoms with van der Waals surface area (Å²) < 4.78 is 43.5. The Labute approximate surface area is 98.5 Å². The Morgan fingerprint density at radius 2 is 2.00 bits per heavy atom. The lowest BCUT2D eigenvalue weighted by Crippen LogP contribution is -2.11. The number of carbonyl (C=O) groups excluding carboxylic acids is 1. The Balaban J connectivity index is 3.07. The molecule has 1 aromatic carbocycles. The van der Waals surface area contributed by atoms with E-state index in [1.54, 1.807) is 6.92 Å². The number of carbonyl (C=O) groups is 1. The number of ether oxygens (including phenoxy) is 1. The first kappa shape index (κ1) is 13.0. The molecule has 0 aliphatic heterocycles. The zero-order valence-corrected chi connectivity index (χ0v) is 9.91. The molecule has 0 heterocycles. The smallest absolute Gasteiger partial charge is 0.310 e. The second-order valence-electron chi connectivity index (χ2n) is 2.93. The van der Waals surface area contributed by atoms with Gasteiger partial charge in [-0.2, -0.15) is 0 Å². The number of rotatable bonds is 3. The van der Waals surface area contributed by atoms with Crippen LogP contribution in [0.4, 0.5) is 13.2 Å². The monoisotopic (exact) mass is 296 g/mol. The van der Waals surface area contributed by atoms with Crippen molar-refractivity contribution in [3.8, 4) is 0 Å². The fourth-order valence-corrected chi connectivity index (χ4v) is 1.56. The van der Waals surface area contributed by atoms with Gasteiger partial charge in [0.1, 0.15) is 5.82 Å². The molecule has 16 heavy (non-hydrogen) atoms. The van der Waals surface area contributed by atoms with Crippen LogP contribution in [-0.4, -0.2) is 12.6 Å². The molecule has 0 saturated heterocycles. The van der Waals surface area contributed by atoms with E-state index < -0.39 is 29.8 Å². The molecule has 1 rings (SSSR count). The van der Waals surface area contributed by atoms with E-state index >= 15 is 0 Å². The van der Waals surface area contributed by atoms with Crippen molar-refractivity contribution in [3.05, 3.63) is 33.6 Å². The molecular weight excluding hydrogens is 289 g/mol. The highest BCUT2D eigenvalue weighted by molar-refractivity contribution is 9.10. The van der Waals surface area contributed by atoms with E-state index in [0.29, 0.717) is 6.07 Å². The molecule has 0 N–H and O–H groups in total. The number of benzene rings is 1. The Kier molecular flexibility index (Phi) is 4.35. The van der Waals surface area contributed by atoms with Gasteiger partial charge in [0.2, 0.25) is 0 Å². The molecule has 0 radical (unpaired) electrons. The molecule has 88 valence electrons. The second-order valence-corrected chi connectivity index (χ2v) is 3.72. The van der Waals surface area contributed by atoms with Crippen molar-refractivity contribution in [2.45, 2.75) is 13.3 Å². The van der Waals surface area contributed by atoms with Crippen LogP contribution in [-0.2, 0) is 16.0 Å². The predicted octanol–water partition coefficient (Wildman–Crippen LogP) is 2.97. The third-order valence-corrected chi connectivity index (χ3v) is 2.69. The zero-order valence-electron chi connectivity index (χ0n) is 8.32. The van der Waals surface area contributed by atoms with E-state index in [1.807, 2.05) is 0 Å². The van der Waals surface area contributed by atoms with E-state index in [1.165, 1.54) is 0 Å². The first-order valence-corrected chi connectivity index (χ1v) is 5.24. The van der Waals surface area contributed by atoms with Gasteiger partial charge in [-0.25, -0.2) is 13.2 Å². The van der Waals surface area contributed by atoms with Crippen LogP contribution in [0.3, 0.4) is 0 Å². The number of halogens is 4. The molecular formula is C10H8BrF3O2. The summed E-state index contributed by atoms with van der Waals surface area (Å²) >= 11 is 2.76. The highest BCUT2D eigenvalue weighted by Crippen LogP contribution is 2.26. The molecule has 6 heteroatoms. The molecule has 2 nitrogen and oxygen atoms in total. The Morgan fingerprint density at radius 1 is 1.38 bits per heavy atom. The van der Waals surface area contributed by atoms with Gasteiger partial charge in [-0.05, 0) is 22.9 Å². The van der Waals surface area contributed by atoms with Gasteiger partial charge in [-0.3, -0.25) is 4.79 Å². The van der Waals surface area contributed by atoms with E-state index in [9.17, 15) is 18.0 Å². The maximum atomic E-state index is 13.3. The molecule has 0 fully saturated rings. The third kappa shape index (κ3) is 2.75. The van der Waals surface area contributed by atoms with Crippen LogP contribution in [0.15, 0.2) is 10.5 Å². The highest BCUT2D eigenvalue weighted by Gasteiger charge is 2.19. The van der Waals surface area contributed by atoms with Crippen LogP contribution in [0.5, 0.6) is 0 Å². The van der Waals surface area contributed by atoms with E-state index in [0.717, 1.165) is 0 Å². The molecule has 0 amide bonds. The molecule has 0 aliphatic carbocycles. The molecule has 0 spiro atoms. The van der Waals surface area contributed by atoms with Crippen molar-refractivity contribution in [1.82, 2.24) is 0 Å². The van der Waals surface area contributed by atoms with Crippen molar-refractivity contribution in [3.63, 3.8) is 0 Å². The topological polar surface area (TPSA) is 26.3 Å². The predicted molar refractivity (Wildman–Crippen MR) is 54.4 cm³/mol. The SMILES string of the molecule is CCOC(=O)Cc1c(F)c(F)cc(F)c1Br. The van der Waals surface area contributed by atoms with Crippen molar-refractivity contribution in [2.75, 3.05) is 6.61 Å². The first-order chi connectivity index (χ1) is 7.47. The highest BCUT2D eigenvalue weighted by atomic mass is 79.9. The minimum absolute atomic E-state index is 0.121. The van der Waals surface area contributed by atoms with Crippen LogP contribution in [0.25, 0.3) is 0 Å². The summed E-state index contributed by atoms with van der Waals surface area (Å²) in [5.41, 5.74) is -0.379. The number of esters is 1. The standard InChI is InChI=1S/C10H8BrF3O2/c1-2-16-8(15)3-5-9(11)6(12)4-7(13)10(5)14/h4H,2-3H2,1H3. The minimum atomic E-state index is -1.33. The van der Waals surface area contributed by atoms with Crippen molar-refractivity contribution >= 4 is 21.9 Å². The van der Waals surface area contributed by atoms with Gasteiger partial charge in [-0.15, -0.1) is 0 Å². The molecule has 0 aromatic heterocycles. The van der Waals surface area contributed by atoms with Crippen LogP contribution in [0.1, 0.15) is 12.5 Å². The van der Waals surface area contributed by atoms with E-state index in [2.05, 4.69) is 20.7 Å². The van der Waals surface area contributed by atoms with E-state index in [-0.39, 0.29) is 16.6 Å². The lowest BCUT2D eigenvalue weighted by atomic mass is 10.1. The van der Waals surface area contributed by atoms with Gasteiger partial charge in [0, 0.05) is 11.6 Å². The van der Waals surface area contributed by atoms with Crippen molar-refractivity contribution in [2.24, 2.45) is 0 Å². The summed E-state index contributed by atoms with van der Waals surface area (Å²) in [5, 5.41) is 0. The first-order valence-electron chi connectivity index (χ1n) is 4.44. The summed E-state index contributed by atoms with van der Waals surface area (Å²) in [6.45, 7) is 1.70. The Morgan fingerprint density at radius 3 is 2.56 bits per heavy atom. The van der Waals surface area contributed by atoms with Gasteiger partial charge < -0.3 is 4.74 Å². The number of hydrogen-bond donors (Lipinski definition) is 0. The zero-order chi connectivity index (χ0) is 12.3. The Hall–Kier alpha value is -1.04. The summed E-state index contributed by atoms with van der Waals surface area (Å²) in [5.74, 6) is -4.29. The number of hydrogen-bond acceptors (Lipinski definition) is 2. The van der Waals surface area contributed by atoms with Crippen LogP contribution < -0.4 is 0 Å². The normalized spacial score (nSPS) is 10.3. The summed E-state index contributed by atoms with van der Waals surface area (Å²) in [6, 6.07) is 0.411. The summed E-state index contributed by atoms with van der Waals surface area (Å²) in [6.07, 6.45) is -0.519. The van der Waals surface area contributed by atoms with Crippen LogP contribution >= 0.6 is 15.9 Å². The third-order valence-electron chi connectivity index (χ3n) is 1.83. The lowest BCUT2D eigenvalue weighted by molar-refractivity contribution is -0.142. The van der Waals surface area contributed by atoms with Gasteiger partial charge >= 0.3 is 5.97 Å².